The van der Waals surface area contributed by atoms with Gasteiger partial charge in [0.2, 0.25) is 5.91 Å². The van der Waals surface area contributed by atoms with E-state index in [4.69, 9.17) is 0 Å². The minimum Gasteiger partial charge on any atom is -0.388 e. The Hall–Kier alpha value is -1.85. The average molecular weight is 333 g/mol. The van der Waals surface area contributed by atoms with Crippen LogP contribution in [0.3, 0.4) is 0 Å². The lowest BCUT2D eigenvalue weighted by molar-refractivity contribution is -0.123. The predicted octanol–water partition coefficient (Wildman–Crippen LogP) is 3.60. The molecule has 0 saturated carbocycles. The summed E-state index contributed by atoms with van der Waals surface area (Å²) in [4.78, 5) is 13.1. The summed E-state index contributed by atoms with van der Waals surface area (Å²) in [6.45, 7) is 2.43. The minimum absolute atomic E-state index is 0.0933. The van der Waals surface area contributed by atoms with Crippen molar-refractivity contribution in [1.29, 1.82) is 0 Å². The van der Waals surface area contributed by atoms with Gasteiger partial charge in [-0.05, 0) is 48.1 Å². The molecule has 0 aliphatic rings. The van der Waals surface area contributed by atoms with Crippen LogP contribution < -0.4 is 5.32 Å². The number of halogens is 1. The van der Waals surface area contributed by atoms with Crippen molar-refractivity contribution in [2.75, 3.05) is 6.26 Å². The zero-order valence-corrected chi connectivity index (χ0v) is 14.0. The molecule has 2 rings (SSSR count). The molecule has 0 aromatic heterocycles. The number of benzene rings is 2. The normalized spacial score (nSPS) is 12.0. The van der Waals surface area contributed by atoms with Crippen LogP contribution in [0.4, 0.5) is 4.39 Å². The van der Waals surface area contributed by atoms with Crippen molar-refractivity contribution in [3.05, 3.63) is 65.0 Å². The molecule has 2 N–H and O–H groups in total. The molecule has 0 radical (unpaired) electrons. The van der Waals surface area contributed by atoms with E-state index in [0.717, 1.165) is 10.5 Å². The van der Waals surface area contributed by atoms with Crippen molar-refractivity contribution >= 4 is 17.7 Å². The Morgan fingerprint density at radius 1 is 1.30 bits per heavy atom. The Kier molecular flexibility index (Phi) is 6.19. The van der Waals surface area contributed by atoms with Gasteiger partial charge < -0.3 is 10.4 Å². The Bertz CT molecular complexity index is 690. The summed E-state index contributed by atoms with van der Waals surface area (Å²) < 4.78 is 13.1. The third-order valence-corrected chi connectivity index (χ3v) is 4.35. The van der Waals surface area contributed by atoms with Crippen LogP contribution in [-0.4, -0.2) is 17.3 Å². The summed E-state index contributed by atoms with van der Waals surface area (Å²) in [6, 6.07) is 11.7. The number of aryl methyl sites for hydroxylation is 1. The Morgan fingerprint density at radius 3 is 2.78 bits per heavy atom. The number of aliphatic hydroxyl groups excluding tert-OH is 1. The van der Waals surface area contributed by atoms with E-state index in [0.29, 0.717) is 12.1 Å². The highest BCUT2D eigenvalue weighted by atomic mass is 32.2. The summed E-state index contributed by atoms with van der Waals surface area (Å²) in [5.41, 5.74) is 2.61. The highest BCUT2D eigenvalue weighted by Crippen LogP contribution is 2.22. The van der Waals surface area contributed by atoms with Crippen molar-refractivity contribution in [1.82, 2.24) is 5.32 Å². The maximum atomic E-state index is 13.1. The smallest absolute Gasteiger partial charge is 0.223 e. The maximum absolute atomic E-state index is 13.1. The number of aliphatic hydroxyl groups is 1. The van der Waals surface area contributed by atoms with E-state index < -0.39 is 11.9 Å². The summed E-state index contributed by atoms with van der Waals surface area (Å²) in [6.07, 6.45) is 0.890. The number of hydrogen-bond donors (Lipinski definition) is 2. The van der Waals surface area contributed by atoms with Gasteiger partial charge in [0.1, 0.15) is 5.82 Å². The van der Waals surface area contributed by atoms with Crippen LogP contribution in [0, 0.1) is 12.7 Å². The zero-order valence-electron chi connectivity index (χ0n) is 13.2. The van der Waals surface area contributed by atoms with E-state index in [1.54, 1.807) is 17.8 Å². The van der Waals surface area contributed by atoms with E-state index in [2.05, 4.69) is 11.4 Å². The highest BCUT2D eigenvalue weighted by molar-refractivity contribution is 7.98. The molecule has 0 bridgehead atoms. The fourth-order valence-electron chi connectivity index (χ4n) is 2.27. The van der Waals surface area contributed by atoms with Crippen LogP contribution >= 0.6 is 11.8 Å². The molecule has 1 atom stereocenters. The first-order valence-corrected chi connectivity index (χ1v) is 8.56. The second-order valence-corrected chi connectivity index (χ2v) is 6.22. The molecule has 0 heterocycles. The molecule has 0 aliphatic heterocycles. The molecule has 0 aliphatic carbocycles. The lowest BCUT2D eigenvalue weighted by atomic mass is 10.1. The predicted molar refractivity (Wildman–Crippen MR) is 90.8 cm³/mol. The third-order valence-electron chi connectivity index (χ3n) is 3.53. The van der Waals surface area contributed by atoms with Gasteiger partial charge in [-0.2, -0.15) is 0 Å². The Morgan fingerprint density at radius 2 is 2.09 bits per heavy atom. The molecular weight excluding hydrogens is 313 g/mol. The van der Waals surface area contributed by atoms with Crippen molar-refractivity contribution in [2.24, 2.45) is 0 Å². The average Bonchev–Trinajstić information content (AvgIpc) is 2.53. The van der Waals surface area contributed by atoms with Crippen LogP contribution in [0.1, 0.15) is 29.2 Å². The topological polar surface area (TPSA) is 49.3 Å². The molecule has 0 saturated heterocycles. The zero-order chi connectivity index (χ0) is 16.8. The first-order valence-electron chi connectivity index (χ1n) is 7.33. The first kappa shape index (κ1) is 17.5. The van der Waals surface area contributed by atoms with E-state index in [1.807, 2.05) is 25.3 Å². The monoisotopic (exact) mass is 333 g/mol. The quantitative estimate of drug-likeness (QED) is 0.794. The second-order valence-electron chi connectivity index (χ2n) is 5.37. The molecular formula is C18H20FNO2S. The summed E-state index contributed by atoms with van der Waals surface area (Å²) >= 11 is 1.63. The van der Waals surface area contributed by atoms with Crippen molar-refractivity contribution in [3.63, 3.8) is 0 Å². The number of thioether (sulfide) groups is 1. The lowest BCUT2D eigenvalue weighted by Gasteiger charge is -2.13. The van der Waals surface area contributed by atoms with E-state index in [1.165, 1.54) is 23.8 Å². The molecule has 2 aromatic rings. The fraction of sp³-hybridized carbons (Fsp3) is 0.278. The number of amides is 1. The van der Waals surface area contributed by atoms with Crippen molar-refractivity contribution in [3.8, 4) is 0 Å². The maximum Gasteiger partial charge on any atom is 0.223 e. The highest BCUT2D eigenvalue weighted by Gasteiger charge is 2.14. The second kappa shape index (κ2) is 8.13. The van der Waals surface area contributed by atoms with Gasteiger partial charge in [0.25, 0.3) is 0 Å². The summed E-state index contributed by atoms with van der Waals surface area (Å²) in [7, 11) is 0. The number of rotatable bonds is 6. The van der Waals surface area contributed by atoms with Crippen LogP contribution in [0.25, 0.3) is 0 Å². The number of carbonyl (C=O) groups excluding carboxylic acids is 1. The van der Waals surface area contributed by atoms with Gasteiger partial charge in [0.05, 0.1) is 12.5 Å². The van der Waals surface area contributed by atoms with Gasteiger partial charge in [-0.3, -0.25) is 4.79 Å². The molecule has 2 aromatic carbocycles. The number of hydrogen-bond acceptors (Lipinski definition) is 3. The molecule has 122 valence electrons. The van der Waals surface area contributed by atoms with Gasteiger partial charge >= 0.3 is 0 Å². The molecule has 5 heteroatoms. The molecule has 0 fully saturated rings. The molecule has 1 amide bonds. The van der Waals surface area contributed by atoms with Gasteiger partial charge in [0, 0.05) is 11.4 Å². The van der Waals surface area contributed by atoms with Crippen LogP contribution in [-0.2, 0) is 11.3 Å². The lowest BCUT2D eigenvalue weighted by Crippen LogP contribution is -2.24. The number of nitrogens with one attached hydrogen (secondary N) is 1. The Labute approximate surface area is 139 Å². The SMILES string of the molecule is CSc1cc(C)ccc1CNC(=O)CC(O)c1cccc(F)c1. The van der Waals surface area contributed by atoms with E-state index in [9.17, 15) is 14.3 Å². The minimum atomic E-state index is -1.01. The van der Waals surface area contributed by atoms with Crippen LogP contribution in [0.15, 0.2) is 47.4 Å². The molecule has 23 heavy (non-hydrogen) atoms. The Balaban J connectivity index is 1.92. The van der Waals surface area contributed by atoms with E-state index >= 15 is 0 Å². The van der Waals surface area contributed by atoms with E-state index in [-0.39, 0.29) is 12.3 Å². The summed E-state index contributed by atoms with van der Waals surface area (Å²) in [5, 5.41) is 12.8. The van der Waals surface area contributed by atoms with Crippen molar-refractivity contribution < 1.29 is 14.3 Å². The van der Waals surface area contributed by atoms with Gasteiger partial charge in [0.15, 0.2) is 0 Å². The molecule has 3 nitrogen and oxygen atoms in total. The first-order chi connectivity index (χ1) is 11.0. The molecule has 1 unspecified atom stereocenters. The van der Waals surface area contributed by atoms with Gasteiger partial charge in [-0.25, -0.2) is 4.39 Å². The third kappa shape index (κ3) is 5.08. The summed E-state index contributed by atoms with van der Waals surface area (Å²) in [5.74, 6) is -0.694. The van der Waals surface area contributed by atoms with Gasteiger partial charge in [-0.1, -0.05) is 24.3 Å². The standard InChI is InChI=1S/C18H20FNO2S/c1-12-6-7-14(17(8-12)23-2)11-20-18(22)10-16(21)13-4-3-5-15(19)9-13/h3-9,16,21H,10-11H2,1-2H3,(H,20,22). The van der Waals surface area contributed by atoms with Crippen LogP contribution in [0.2, 0.25) is 0 Å². The molecule has 0 spiro atoms. The fourth-order valence-corrected chi connectivity index (χ4v) is 2.98. The van der Waals surface area contributed by atoms with Crippen LogP contribution in [0.5, 0.6) is 0 Å². The number of carbonyl (C=O) groups is 1. The van der Waals surface area contributed by atoms with Crippen molar-refractivity contribution in [2.45, 2.75) is 30.9 Å². The largest absolute Gasteiger partial charge is 0.388 e. The van der Waals surface area contributed by atoms with Gasteiger partial charge in [-0.15, -0.1) is 11.8 Å².